The maximum absolute atomic E-state index is 12.5. The Morgan fingerprint density at radius 1 is 1.03 bits per heavy atom. The van der Waals surface area contributed by atoms with E-state index in [0.29, 0.717) is 40.3 Å². The number of ether oxygens (including phenoxy) is 2. The predicted octanol–water partition coefficient (Wildman–Crippen LogP) is 3.47. The Morgan fingerprint density at radius 2 is 1.77 bits per heavy atom. The van der Waals surface area contributed by atoms with Crippen molar-refractivity contribution in [3.8, 4) is 11.5 Å². The van der Waals surface area contributed by atoms with Gasteiger partial charge in [0, 0.05) is 12.1 Å². The van der Waals surface area contributed by atoms with Gasteiger partial charge in [0.15, 0.2) is 10.9 Å². The van der Waals surface area contributed by atoms with Crippen LogP contribution in [0.2, 0.25) is 0 Å². The molecule has 31 heavy (non-hydrogen) atoms. The number of ketones is 1. The van der Waals surface area contributed by atoms with Crippen LogP contribution in [-0.4, -0.2) is 46.4 Å². The van der Waals surface area contributed by atoms with Gasteiger partial charge in [0.2, 0.25) is 5.91 Å². The van der Waals surface area contributed by atoms with E-state index in [1.54, 1.807) is 50.6 Å². The highest BCUT2D eigenvalue weighted by molar-refractivity contribution is 7.99. The summed E-state index contributed by atoms with van der Waals surface area (Å²) in [4.78, 5) is 25.0. The Balaban J connectivity index is 1.63. The number of nitrogens with one attached hydrogen (secondary N) is 1. The molecule has 3 rings (SSSR count). The van der Waals surface area contributed by atoms with Crippen molar-refractivity contribution in [1.29, 1.82) is 0 Å². The first-order valence-electron chi connectivity index (χ1n) is 9.70. The molecular formula is C22H24N4O4S. The molecule has 0 radical (unpaired) electrons. The second kappa shape index (κ2) is 10.6. The van der Waals surface area contributed by atoms with E-state index in [9.17, 15) is 9.59 Å². The van der Waals surface area contributed by atoms with Gasteiger partial charge in [-0.1, -0.05) is 23.9 Å². The normalized spacial score (nSPS) is 10.5. The smallest absolute Gasteiger partial charge is 0.232 e. The van der Waals surface area contributed by atoms with E-state index < -0.39 is 0 Å². The Labute approximate surface area is 185 Å². The molecule has 0 bridgehead atoms. The summed E-state index contributed by atoms with van der Waals surface area (Å²) in [5.41, 5.74) is 1.20. The van der Waals surface area contributed by atoms with Gasteiger partial charge < -0.3 is 19.4 Å². The van der Waals surface area contributed by atoms with E-state index in [1.165, 1.54) is 11.8 Å². The minimum Gasteiger partial charge on any atom is -0.497 e. The van der Waals surface area contributed by atoms with Crippen molar-refractivity contribution in [2.24, 2.45) is 0 Å². The number of carbonyl (C=O) groups excluding carboxylic acids is 2. The molecule has 1 heterocycles. The summed E-state index contributed by atoms with van der Waals surface area (Å²) in [7, 11) is 3.13. The lowest BCUT2D eigenvalue weighted by atomic mass is 10.1. The summed E-state index contributed by atoms with van der Waals surface area (Å²) >= 11 is 1.30. The van der Waals surface area contributed by atoms with Crippen LogP contribution >= 0.6 is 11.8 Å². The van der Waals surface area contributed by atoms with Gasteiger partial charge in [0.25, 0.3) is 0 Å². The van der Waals surface area contributed by atoms with E-state index in [1.807, 2.05) is 23.6 Å². The largest absolute Gasteiger partial charge is 0.497 e. The zero-order valence-corrected chi connectivity index (χ0v) is 18.4. The quantitative estimate of drug-likeness (QED) is 0.381. The molecule has 0 atom stereocenters. The lowest BCUT2D eigenvalue weighted by Gasteiger charge is -2.10. The average molecular weight is 441 g/mol. The molecule has 0 saturated carbocycles. The number of hydrogen-bond acceptors (Lipinski definition) is 7. The minimum absolute atomic E-state index is 0.0197. The van der Waals surface area contributed by atoms with Crippen molar-refractivity contribution in [2.75, 3.05) is 25.3 Å². The number of hydrogen-bond donors (Lipinski definition) is 1. The molecule has 9 heteroatoms. The average Bonchev–Trinajstić information content (AvgIpc) is 3.18. The fourth-order valence-electron chi connectivity index (χ4n) is 2.95. The molecular weight excluding hydrogens is 416 g/mol. The summed E-state index contributed by atoms with van der Waals surface area (Å²) in [6, 6.07) is 14.2. The molecule has 0 unspecified atom stereocenters. The predicted molar refractivity (Wildman–Crippen MR) is 119 cm³/mol. The van der Waals surface area contributed by atoms with Crippen LogP contribution in [-0.2, 0) is 17.8 Å². The van der Waals surface area contributed by atoms with Crippen LogP contribution in [0.25, 0.3) is 0 Å². The van der Waals surface area contributed by atoms with Crippen LogP contribution in [0.4, 0.5) is 5.69 Å². The van der Waals surface area contributed by atoms with Gasteiger partial charge in [-0.15, -0.1) is 10.2 Å². The number of rotatable bonds is 10. The summed E-state index contributed by atoms with van der Waals surface area (Å²) in [5.74, 6) is 1.80. The first-order chi connectivity index (χ1) is 15.0. The third kappa shape index (κ3) is 5.64. The van der Waals surface area contributed by atoms with Crippen molar-refractivity contribution in [3.63, 3.8) is 0 Å². The maximum atomic E-state index is 12.5. The Morgan fingerprint density at radius 3 is 2.45 bits per heavy atom. The lowest BCUT2D eigenvalue weighted by Crippen LogP contribution is -2.18. The van der Waals surface area contributed by atoms with Crippen LogP contribution in [0.1, 0.15) is 23.1 Å². The lowest BCUT2D eigenvalue weighted by molar-refractivity contribution is -0.115. The number of nitrogens with zero attached hydrogens (tertiary/aromatic N) is 3. The number of thioether (sulfide) groups is 1. The number of para-hydroxylation sites is 2. The van der Waals surface area contributed by atoms with Gasteiger partial charge >= 0.3 is 0 Å². The summed E-state index contributed by atoms with van der Waals surface area (Å²) < 4.78 is 12.2. The molecule has 1 N–H and O–H groups in total. The Hall–Kier alpha value is -3.33. The maximum Gasteiger partial charge on any atom is 0.232 e. The second-order valence-corrected chi connectivity index (χ2v) is 7.45. The highest BCUT2D eigenvalue weighted by Crippen LogP contribution is 2.24. The minimum atomic E-state index is -0.225. The first kappa shape index (κ1) is 22.4. The van der Waals surface area contributed by atoms with Gasteiger partial charge in [0.05, 0.1) is 32.1 Å². The molecule has 3 aromatic rings. The van der Waals surface area contributed by atoms with E-state index in [-0.39, 0.29) is 23.9 Å². The molecule has 2 aromatic carbocycles. The zero-order chi connectivity index (χ0) is 22.2. The zero-order valence-electron chi connectivity index (χ0n) is 17.6. The van der Waals surface area contributed by atoms with E-state index in [2.05, 4.69) is 15.5 Å². The molecule has 1 aromatic heterocycles. The number of Topliss-reactive ketones (excluding diaryl/α,β-unsaturated/α-hetero) is 1. The van der Waals surface area contributed by atoms with E-state index >= 15 is 0 Å². The third-order valence-corrected chi connectivity index (χ3v) is 5.52. The molecule has 162 valence electrons. The molecule has 0 saturated heterocycles. The summed E-state index contributed by atoms with van der Waals surface area (Å²) in [6.45, 7) is 2.53. The highest BCUT2D eigenvalue weighted by Gasteiger charge is 2.17. The number of benzene rings is 2. The van der Waals surface area contributed by atoms with Gasteiger partial charge in [0.1, 0.15) is 17.3 Å². The molecule has 0 fully saturated rings. The summed E-state index contributed by atoms with van der Waals surface area (Å²) in [6.07, 6.45) is 0.0614. The fraction of sp³-hybridized carbons (Fsp3) is 0.273. The molecule has 1 amide bonds. The van der Waals surface area contributed by atoms with E-state index in [0.717, 1.165) is 0 Å². The van der Waals surface area contributed by atoms with Crippen molar-refractivity contribution in [1.82, 2.24) is 14.8 Å². The molecule has 0 aliphatic rings. The fourth-order valence-corrected chi connectivity index (χ4v) is 3.87. The van der Waals surface area contributed by atoms with Crippen LogP contribution in [0, 0.1) is 0 Å². The van der Waals surface area contributed by atoms with Crippen molar-refractivity contribution in [2.45, 2.75) is 25.0 Å². The van der Waals surface area contributed by atoms with Gasteiger partial charge in [-0.2, -0.15) is 0 Å². The number of amides is 1. The topological polar surface area (TPSA) is 95.3 Å². The number of aromatic nitrogens is 3. The molecule has 8 nitrogen and oxygen atoms in total. The monoisotopic (exact) mass is 440 g/mol. The first-order valence-corrected chi connectivity index (χ1v) is 10.7. The number of methoxy groups -OCH3 is 2. The van der Waals surface area contributed by atoms with Crippen molar-refractivity contribution >= 4 is 29.1 Å². The molecule has 0 spiro atoms. The third-order valence-electron chi connectivity index (χ3n) is 4.55. The van der Waals surface area contributed by atoms with Crippen LogP contribution < -0.4 is 14.8 Å². The molecule has 0 aliphatic carbocycles. The van der Waals surface area contributed by atoms with Crippen molar-refractivity contribution in [3.05, 3.63) is 59.9 Å². The van der Waals surface area contributed by atoms with Gasteiger partial charge in [-0.3, -0.25) is 9.59 Å². The SMILES string of the molecule is CCn1c(CC(=O)Nc2ccccc2OC)nnc1SCC(=O)c1ccc(OC)cc1. The van der Waals surface area contributed by atoms with Crippen LogP contribution in [0.5, 0.6) is 11.5 Å². The highest BCUT2D eigenvalue weighted by atomic mass is 32.2. The van der Waals surface area contributed by atoms with E-state index in [4.69, 9.17) is 9.47 Å². The standard InChI is InChI=1S/C22H24N4O4S/c1-4-26-20(13-21(28)23-17-7-5-6-8-19(17)30-3)24-25-22(26)31-14-18(27)15-9-11-16(29-2)12-10-15/h5-12H,4,13-14H2,1-3H3,(H,23,28). The van der Waals surface area contributed by atoms with Gasteiger partial charge in [-0.25, -0.2) is 0 Å². The van der Waals surface area contributed by atoms with Crippen molar-refractivity contribution < 1.29 is 19.1 Å². The number of carbonyl (C=O) groups is 2. The van der Waals surface area contributed by atoms with Crippen LogP contribution in [0.15, 0.2) is 53.7 Å². The summed E-state index contributed by atoms with van der Waals surface area (Å²) in [5, 5.41) is 11.8. The second-order valence-electron chi connectivity index (χ2n) is 6.51. The Kier molecular flexibility index (Phi) is 7.66. The Bertz CT molecular complexity index is 1050. The van der Waals surface area contributed by atoms with Crippen LogP contribution in [0.3, 0.4) is 0 Å². The number of anilines is 1. The van der Waals surface area contributed by atoms with Gasteiger partial charge in [-0.05, 0) is 43.3 Å². The molecule has 0 aliphatic heterocycles.